The zero-order valence-corrected chi connectivity index (χ0v) is 11.3. The molecule has 2 heterocycles. The van der Waals surface area contributed by atoms with Crippen LogP contribution in [-0.2, 0) is 11.3 Å². The molecule has 0 saturated heterocycles. The van der Waals surface area contributed by atoms with Gasteiger partial charge in [-0.15, -0.1) is 0 Å². The molecule has 5 nitrogen and oxygen atoms in total. The van der Waals surface area contributed by atoms with Crippen molar-refractivity contribution in [2.75, 3.05) is 12.4 Å². The fourth-order valence-corrected chi connectivity index (χ4v) is 1.84. The van der Waals surface area contributed by atoms with E-state index in [1.54, 1.807) is 12.1 Å². The molecular weight excluding hydrogens is 268 g/mol. The van der Waals surface area contributed by atoms with Gasteiger partial charge in [0.05, 0.1) is 24.8 Å². The van der Waals surface area contributed by atoms with E-state index in [1.807, 2.05) is 13.0 Å². The molecule has 1 N–H and O–H groups in total. The molecule has 0 atom stereocenters. The van der Waals surface area contributed by atoms with Crippen molar-refractivity contribution in [1.82, 2.24) is 4.98 Å². The zero-order chi connectivity index (χ0) is 13.8. The van der Waals surface area contributed by atoms with Crippen molar-refractivity contribution < 1.29 is 13.9 Å². The second-order valence-electron chi connectivity index (χ2n) is 3.89. The molecule has 19 heavy (non-hydrogen) atoms. The van der Waals surface area contributed by atoms with E-state index in [-0.39, 0.29) is 5.76 Å². The van der Waals surface area contributed by atoms with Gasteiger partial charge in [0, 0.05) is 12.1 Å². The Balaban J connectivity index is 2.10. The van der Waals surface area contributed by atoms with E-state index in [2.05, 4.69) is 15.0 Å². The van der Waals surface area contributed by atoms with Gasteiger partial charge >= 0.3 is 5.97 Å². The van der Waals surface area contributed by atoms with Gasteiger partial charge in [0.25, 0.3) is 0 Å². The van der Waals surface area contributed by atoms with E-state index >= 15 is 0 Å². The lowest BCUT2D eigenvalue weighted by molar-refractivity contribution is 0.0563. The first kappa shape index (κ1) is 13.4. The van der Waals surface area contributed by atoms with Crippen molar-refractivity contribution in [3.8, 4) is 0 Å². The number of nitrogens with one attached hydrogen (secondary N) is 1. The Kier molecular flexibility index (Phi) is 4.06. The summed E-state index contributed by atoms with van der Waals surface area (Å²) in [5.41, 5.74) is 2.36. The maximum Gasteiger partial charge on any atom is 0.374 e. The third kappa shape index (κ3) is 3.06. The van der Waals surface area contributed by atoms with E-state index in [0.29, 0.717) is 11.7 Å². The molecule has 0 saturated carbocycles. The number of hydrogen-bond donors (Lipinski definition) is 1. The van der Waals surface area contributed by atoms with Gasteiger partial charge in [0.1, 0.15) is 5.15 Å². The van der Waals surface area contributed by atoms with Crippen molar-refractivity contribution in [2.45, 2.75) is 13.5 Å². The molecule has 0 aliphatic carbocycles. The smallest absolute Gasteiger partial charge is 0.374 e. The van der Waals surface area contributed by atoms with Crippen molar-refractivity contribution in [2.24, 2.45) is 0 Å². The van der Waals surface area contributed by atoms with Crippen LogP contribution in [0.25, 0.3) is 0 Å². The number of methoxy groups -OCH3 is 1. The molecule has 0 amide bonds. The average molecular weight is 281 g/mol. The van der Waals surface area contributed by atoms with Crippen molar-refractivity contribution in [1.29, 1.82) is 0 Å². The van der Waals surface area contributed by atoms with Crippen LogP contribution in [0.3, 0.4) is 0 Å². The van der Waals surface area contributed by atoms with Crippen molar-refractivity contribution in [3.63, 3.8) is 0 Å². The highest BCUT2D eigenvalue weighted by Gasteiger charge is 2.15. The summed E-state index contributed by atoms with van der Waals surface area (Å²) in [6, 6.07) is 5.26. The third-order valence-electron chi connectivity index (χ3n) is 2.64. The molecule has 2 rings (SSSR count). The number of esters is 1. The van der Waals surface area contributed by atoms with E-state index in [0.717, 1.165) is 16.9 Å². The third-order valence-corrected chi connectivity index (χ3v) is 2.85. The molecule has 2 aromatic heterocycles. The number of ether oxygens (including phenoxy) is 1. The summed E-state index contributed by atoms with van der Waals surface area (Å²) >= 11 is 5.79. The quantitative estimate of drug-likeness (QED) is 0.689. The Labute approximate surface area is 115 Å². The number of pyridine rings is 1. The van der Waals surface area contributed by atoms with E-state index < -0.39 is 5.97 Å². The fourth-order valence-electron chi connectivity index (χ4n) is 1.65. The molecule has 0 fully saturated rings. The van der Waals surface area contributed by atoms with Crippen LogP contribution in [-0.4, -0.2) is 18.1 Å². The summed E-state index contributed by atoms with van der Waals surface area (Å²) in [5, 5.41) is 3.62. The van der Waals surface area contributed by atoms with Crippen LogP contribution in [0.4, 0.5) is 5.69 Å². The number of nitrogens with zero attached hydrogens (tertiary/aromatic N) is 1. The molecule has 0 bridgehead atoms. The average Bonchev–Trinajstić information content (AvgIpc) is 2.85. The molecule has 2 aromatic rings. The molecule has 0 aliphatic rings. The number of halogens is 1. The summed E-state index contributed by atoms with van der Waals surface area (Å²) in [4.78, 5) is 15.6. The summed E-state index contributed by atoms with van der Waals surface area (Å²) < 4.78 is 9.74. The standard InChI is InChI=1S/C13H13ClN2O3/c1-8-10(3-4-11(14)16-8)15-7-9-5-6-19-12(9)13(17)18-2/h3-6,15H,7H2,1-2H3. The first-order chi connectivity index (χ1) is 9.11. The van der Waals surface area contributed by atoms with E-state index in [4.69, 9.17) is 16.0 Å². The van der Waals surface area contributed by atoms with Crippen LogP contribution in [0.5, 0.6) is 0 Å². The Hall–Kier alpha value is -2.01. The molecule has 0 aromatic carbocycles. The monoisotopic (exact) mass is 280 g/mol. The fraction of sp³-hybridized carbons (Fsp3) is 0.231. The number of carbonyl (C=O) groups excluding carboxylic acids is 1. The molecule has 0 spiro atoms. The second kappa shape index (κ2) is 5.75. The van der Waals surface area contributed by atoms with Crippen LogP contribution >= 0.6 is 11.6 Å². The number of rotatable bonds is 4. The number of furan rings is 1. The van der Waals surface area contributed by atoms with Crippen molar-refractivity contribution >= 4 is 23.3 Å². The Morgan fingerprint density at radius 1 is 1.47 bits per heavy atom. The highest BCUT2D eigenvalue weighted by Crippen LogP contribution is 2.18. The van der Waals surface area contributed by atoms with Crippen LogP contribution in [0.1, 0.15) is 21.8 Å². The van der Waals surface area contributed by atoms with Crippen LogP contribution in [0.2, 0.25) is 5.15 Å². The Bertz CT molecular complexity index is 595. The molecule has 100 valence electrons. The topological polar surface area (TPSA) is 64.4 Å². The van der Waals surface area contributed by atoms with Gasteiger partial charge < -0.3 is 14.5 Å². The second-order valence-corrected chi connectivity index (χ2v) is 4.27. The zero-order valence-electron chi connectivity index (χ0n) is 10.6. The van der Waals surface area contributed by atoms with Gasteiger partial charge in [-0.25, -0.2) is 9.78 Å². The van der Waals surface area contributed by atoms with Gasteiger partial charge in [0.2, 0.25) is 5.76 Å². The summed E-state index contributed by atoms with van der Waals surface area (Å²) in [5.74, 6) is -0.290. The van der Waals surface area contributed by atoms with Crippen LogP contribution in [0.15, 0.2) is 28.9 Å². The van der Waals surface area contributed by atoms with Gasteiger partial charge in [0.15, 0.2) is 0 Å². The minimum atomic E-state index is -0.493. The number of aryl methyl sites for hydroxylation is 1. The summed E-state index contributed by atoms with van der Waals surface area (Å²) in [6.45, 7) is 2.29. The van der Waals surface area contributed by atoms with Gasteiger partial charge in [-0.3, -0.25) is 0 Å². The highest BCUT2D eigenvalue weighted by molar-refractivity contribution is 6.29. The molecular formula is C13H13ClN2O3. The number of hydrogen-bond acceptors (Lipinski definition) is 5. The van der Waals surface area contributed by atoms with E-state index in [1.165, 1.54) is 13.4 Å². The Morgan fingerprint density at radius 2 is 2.26 bits per heavy atom. The lowest BCUT2D eigenvalue weighted by atomic mass is 10.2. The van der Waals surface area contributed by atoms with Gasteiger partial charge in [-0.1, -0.05) is 11.6 Å². The highest BCUT2D eigenvalue weighted by atomic mass is 35.5. The minimum Gasteiger partial charge on any atom is -0.463 e. The maximum atomic E-state index is 11.4. The normalized spacial score (nSPS) is 10.3. The predicted octanol–water partition coefficient (Wildman–Crippen LogP) is 3.04. The largest absolute Gasteiger partial charge is 0.463 e. The number of aromatic nitrogens is 1. The van der Waals surface area contributed by atoms with Crippen LogP contribution < -0.4 is 5.32 Å². The number of anilines is 1. The molecule has 0 radical (unpaired) electrons. The lowest BCUT2D eigenvalue weighted by Crippen LogP contribution is -2.07. The lowest BCUT2D eigenvalue weighted by Gasteiger charge is -2.08. The Morgan fingerprint density at radius 3 is 2.95 bits per heavy atom. The van der Waals surface area contributed by atoms with Gasteiger partial charge in [-0.05, 0) is 25.1 Å². The summed E-state index contributed by atoms with van der Waals surface area (Å²) in [7, 11) is 1.31. The molecule has 6 heteroatoms. The van der Waals surface area contributed by atoms with Crippen LogP contribution in [0, 0.1) is 6.92 Å². The number of carbonyl (C=O) groups is 1. The first-order valence-corrected chi connectivity index (χ1v) is 6.01. The molecule has 0 unspecified atom stereocenters. The minimum absolute atomic E-state index is 0.203. The first-order valence-electron chi connectivity index (χ1n) is 5.63. The molecule has 0 aliphatic heterocycles. The van der Waals surface area contributed by atoms with Gasteiger partial charge in [-0.2, -0.15) is 0 Å². The summed E-state index contributed by atoms with van der Waals surface area (Å²) in [6.07, 6.45) is 1.45. The van der Waals surface area contributed by atoms with Crippen molar-refractivity contribution in [3.05, 3.63) is 46.6 Å². The van der Waals surface area contributed by atoms with E-state index in [9.17, 15) is 4.79 Å². The predicted molar refractivity (Wildman–Crippen MR) is 71.4 cm³/mol. The SMILES string of the molecule is COC(=O)c1occc1CNc1ccc(Cl)nc1C. The maximum absolute atomic E-state index is 11.4.